The molecule has 1 rings (SSSR count). The van der Waals surface area contributed by atoms with Crippen LogP contribution in [0.25, 0.3) is 0 Å². The second-order valence-electron chi connectivity index (χ2n) is 3.54. The highest BCUT2D eigenvalue weighted by molar-refractivity contribution is 5.75. The molecule has 2 N–H and O–H groups in total. The predicted molar refractivity (Wildman–Crippen MR) is 59.4 cm³/mol. The molecule has 0 aliphatic rings. The van der Waals surface area contributed by atoms with Crippen LogP contribution < -0.4 is 16.6 Å². The number of nitrogens with zero attached hydrogens (tertiary/aromatic N) is 1. The number of H-pyrrole nitrogens is 1. The van der Waals surface area contributed by atoms with Gasteiger partial charge in [0.1, 0.15) is 0 Å². The summed E-state index contributed by atoms with van der Waals surface area (Å²) in [5.74, 6) is -0.0609. The van der Waals surface area contributed by atoms with E-state index in [-0.39, 0.29) is 11.5 Å². The van der Waals surface area contributed by atoms with Gasteiger partial charge in [0.2, 0.25) is 5.91 Å². The van der Waals surface area contributed by atoms with Crippen LogP contribution in [0.1, 0.15) is 18.4 Å². The minimum absolute atomic E-state index is 0.0609. The Morgan fingerprint density at radius 2 is 2.19 bits per heavy atom. The Morgan fingerprint density at radius 3 is 2.81 bits per heavy atom. The third-order valence-electron chi connectivity index (χ3n) is 2.27. The molecular weight excluding hydrogens is 210 g/mol. The molecule has 0 saturated heterocycles. The maximum Gasteiger partial charge on any atom is 0.328 e. The molecule has 0 aromatic carbocycles. The first-order valence-electron chi connectivity index (χ1n) is 5.05. The quantitative estimate of drug-likeness (QED) is 0.715. The molecule has 88 valence electrons. The van der Waals surface area contributed by atoms with Crippen molar-refractivity contribution in [2.45, 2.75) is 26.3 Å². The molecule has 0 unspecified atom stereocenters. The number of aryl methyl sites for hydroxylation is 2. The van der Waals surface area contributed by atoms with Gasteiger partial charge >= 0.3 is 5.69 Å². The molecule has 0 bridgehead atoms. The molecule has 1 aromatic rings. The SMILES string of the molecule is CNC(=O)CCCn1cc(C)c(=O)[nH]c1=O. The molecule has 0 aliphatic carbocycles. The highest BCUT2D eigenvalue weighted by Gasteiger charge is 2.02. The number of rotatable bonds is 4. The van der Waals surface area contributed by atoms with Gasteiger partial charge in [-0.25, -0.2) is 4.79 Å². The summed E-state index contributed by atoms with van der Waals surface area (Å²) >= 11 is 0. The fourth-order valence-electron chi connectivity index (χ4n) is 1.32. The maximum atomic E-state index is 11.3. The maximum absolute atomic E-state index is 11.3. The van der Waals surface area contributed by atoms with Crippen LogP contribution >= 0.6 is 0 Å². The first-order chi connectivity index (χ1) is 7.54. The number of hydrogen-bond donors (Lipinski definition) is 2. The lowest BCUT2D eigenvalue weighted by molar-refractivity contribution is -0.120. The zero-order valence-electron chi connectivity index (χ0n) is 9.37. The van der Waals surface area contributed by atoms with Gasteiger partial charge < -0.3 is 9.88 Å². The van der Waals surface area contributed by atoms with Gasteiger partial charge in [-0.05, 0) is 13.3 Å². The summed E-state index contributed by atoms with van der Waals surface area (Å²) in [4.78, 5) is 35.6. The monoisotopic (exact) mass is 225 g/mol. The topological polar surface area (TPSA) is 84.0 Å². The van der Waals surface area contributed by atoms with Crippen molar-refractivity contribution in [1.82, 2.24) is 14.9 Å². The van der Waals surface area contributed by atoms with E-state index >= 15 is 0 Å². The smallest absolute Gasteiger partial charge is 0.328 e. The Hall–Kier alpha value is -1.85. The van der Waals surface area contributed by atoms with Crippen molar-refractivity contribution in [3.63, 3.8) is 0 Å². The van der Waals surface area contributed by atoms with E-state index in [9.17, 15) is 14.4 Å². The lowest BCUT2D eigenvalue weighted by Gasteiger charge is -2.05. The summed E-state index contributed by atoms with van der Waals surface area (Å²) in [6.07, 6.45) is 2.43. The highest BCUT2D eigenvalue weighted by atomic mass is 16.2. The second kappa shape index (κ2) is 5.29. The van der Waals surface area contributed by atoms with Gasteiger partial charge in [-0.2, -0.15) is 0 Å². The molecule has 1 aromatic heterocycles. The van der Waals surface area contributed by atoms with Crippen molar-refractivity contribution in [2.24, 2.45) is 0 Å². The molecule has 6 nitrogen and oxygen atoms in total. The molecular formula is C10H15N3O3. The number of hydrogen-bond acceptors (Lipinski definition) is 3. The molecule has 0 fully saturated rings. The van der Waals surface area contributed by atoms with Crippen LogP contribution in [0, 0.1) is 6.92 Å². The summed E-state index contributed by atoms with van der Waals surface area (Å²) in [5.41, 5.74) is -0.320. The average molecular weight is 225 g/mol. The van der Waals surface area contributed by atoms with Crippen LogP contribution in [0.2, 0.25) is 0 Å². The largest absolute Gasteiger partial charge is 0.359 e. The first kappa shape index (κ1) is 12.2. The van der Waals surface area contributed by atoms with Crippen LogP contribution in [0.3, 0.4) is 0 Å². The summed E-state index contributed by atoms with van der Waals surface area (Å²) in [6, 6.07) is 0. The summed E-state index contributed by atoms with van der Waals surface area (Å²) in [5, 5.41) is 2.50. The van der Waals surface area contributed by atoms with Crippen molar-refractivity contribution >= 4 is 5.91 Å². The van der Waals surface area contributed by atoms with E-state index < -0.39 is 5.69 Å². The van der Waals surface area contributed by atoms with Gasteiger partial charge in [0.05, 0.1) is 0 Å². The molecule has 1 amide bonds. The lowest BCUT2D eigenvalue weighted by Crippen LogP contribution is -2.31. The third kappa shape index (κ3) is 3.08. The Balaban J connectivity index is 2.68. The molecule has 0 aliphatic heterocycles. The van der Waals surface area contributed by atoms with Crippen molar-refractivity contribution < 1.29 is 4.79 Å². The number of carbonyl (C=O) groups is 1. The summed E-state index contributed by atoms with van der Waals surface area (Å²) in [6.45, 7) is 2.05. The second-order valence-corrected chi connectivity index (χ2v) is 3.54. The van der Waals surface area contributed by atoms with Gasteiger partial charge in [-0.15, -0.1) is 0 Å². The lowest BCUT2D eigenvalue weighted by atomic mass is 10.3. The number of nitrogens with one attached hydrogen (secondary N) is 2. The van der Waals surface area contributed by atoms with Crippen LogP contribution in [-0.2, 0) is 11.3 Å². The predicted octanol–water partition coefficient (Wildman–Crippen LogP) is -0.629. The Kier molecular flexibility index (Phi) is 4.04. The zero-order valence-corrected chi connectivity index (χ0v) is 9.37. The van der Waals surface area contributed by atoms with Crippen LogP contribution in [0.4, 0.5) is 0 Å². The zero-order chi connectivity index (χ0) is 12.1. The minimum atomic E-state index is -0.437. The first-order valence-corrected chi connectivity index (χ1v) is 5.05. The molecule has 0 radical (unpaired) electrons. The van der Waals surface area contributed by atoms with E-state index in [4.69, 9.17) is 0 Å². The van der Waals surface area contributed by atoms with E-state index in [2.05, 4.69) is 10.3 Å². The van der Waals surface area contributed by atoms with E-state index in [1.165, 1.54) is 10.8 Å². The van der Waals surface area contributed by atoms with Crippen LogP contribution in [-0.4, -0.2) is 22.5 Å². The van der Waals surface area contributed by atoms with Gasteiger partial charge in [0.25, 0.3) is 5.56 Å². The van der Waals surface area contributed by atoms with Gasteiger partial charge in [-0.3, -0.25) is 14.6 Å². The minimum Gasteiger partial charge on any atom is -0.359 e. The molecule has 1 heterocycles. The molecule has 16 heavy (non-hydrogen) atoms. The molecule has 6 heteroatoms. The Bertz CT molecular complexity index is 487. The van der Waals surface area contributed by atoms with Gasteiger partial charge in [-0.1, -0.05) is 0 Å². The third-order valence-corrected chi connectivity index (χ3v) is 2.27. The fourth-order valence-corrected chi connectivity index (χ4v) is 1.32. The van der Waals surface area contributed by atoms with Crippen molar-refractivity contribution in [2.75, 3.05) is 7.05 Å². The van der Waals surface area contributed by atoms with Gasteiger partial charge in [0.15, 0.2) is 0 Å². The standard InChI is InChI=1S/C10H15N3O3/c1-7-6-13(10(16)12-9(7)15)5-3-4-8(14)11-2/h6H,3-5H2,1-2H3,(H,11,14)(H,12,15,16). The number of amides is 1. The highest BCUT2D eigenvalue weighted by Crippen LogP contribution is 1.93. The van der Waals surface area contributed by atoms with E-state index in [1.54, 1.807) is 14.0 Å². The number of aromatic amines is 1. The average Bonchev–Trinajstić information content (AvgIpc) is 2.25. The normalized spacial score (nSPS) is 10.1. The Morgan fingerprint density at radius 1 is 1.50 bits per heavy atom. The van der Waals surface area contributed by atoms with Crippen LogP contribution in [0.5, 0.6) is 0 Å². The summed E-state index contributed by atoms with van der Waals surface area (Å²) in [7, 11) is 1.57. The van der Waals surface area contributed by atoms with Gasteiger partial charge in [0, 0.05) is 31.8 Å². The molecule has 0 saturated carbocycles. The van der Waals surface area contributed by atoms with Crippen molar-refractivity contribution in [3.8, 4) is 0 Å². The molecule has 0 spiro atoms. The molecule has 0 atom stereocenters. The van der Waals surface area contributed by atoms with E-state index in [0.717, 1.165) is 0 Å². The fraction of sp³-hybridized carbons (Fsp3) is 0.500. The van der Waals surface area contributed by atoms with Crippen molar-refractivity contribution in [3.05, 3.63) is 32.6 Å². The summed E-state index contributed by atoms with van der Waals surface area (Å²) < 4.78 is 1.40. The van der Waals surface area contributed by atoms with Crippen molar-refractivity contribution in [1.29, 1.82) is 0 Å². The van der Waals surface area contributed by atoms with E-state index in [1.807, 2.05) is 0 Å². The van der Waals surface area contributed by atoms with Crippen LogP contribution in [0.15, 0.2) is 15.8 Å². The number of carbonyl (C=O) groups excluding carboxylic acids is 1. The number of aromatic nitrogens is 2. The van der Waals surface area contributed by atoms with E-state index in [0.29, 0.717) is 24.9 Å². The Labute approximate surface area is 92.3 Å².